The zero-order valence-corrected chi connectivity index (χ0v) is 16.6. The van der Waals surface area contributed by atoms with E-state index in [0.29, 0.717) is 30.4 Å². The fourth-order valence-electron chi connectivity index (χ4n) is 4.47. The van der Waals surface area contributed by atoms with Crippen LogP contribution in [0.3, 0.4) is 0 Å². The molecule has 1 saturated carbocycles. The van der Waals surface area contributed by atoms with Crippen LogP contribution in [-0.2, 0) is 5.60 Å². The Kier molecular flexibility index (Phi) is 3.57. The smallest absolute Gasteiger partial charge is 0.287 e. The summed E-state index contributed by atoms with van der Waals surface area (Å²) >= 11 is 6.58. The predicted octanol–water partition coefficient (Wildman–Crippen LogP) is 2.21. The number of hydrazine groups is 1. The molecule has 1 aliphatic carbocycles. The quantitative estimate of drug-likeness (QED) is 0.440. The number of fused-ring (bicyclic) bond motifs is 6. The van der Waals surface area contributed by atoms with E-state index in [9.17, 15) is 10.4 Å². The maximum absolute atomic E-state index is 10.8. The standard InChI is InChI=1S/C19H17ClN8O2/c20-17-25(10-21)9-14-27(17)13-6-2-1-5-12(13)15-22-11-26(28(14)15)18-23-16(30-24-18)19(29)7-3-4-8-19/h1-2,5-6,9,17,29H,3-4,7-8,11H2. The molecule has 0 amide bonds. The highest BCUT2D eigenvalue weighted by Gasteiger charge is 2.47. The van der Waals surface area contributed by atoms with E-state index in [1.165, 1.54) is 4.90 Å². The molecule has 1 atom stereocenters. The van der Waals surface area contributed by atoms with Crippen molar-refractivity contribution < 1.29 is 9.63 Å². The van der Waals surface area contributed by atoms with Gasteiger partial charge in [-0.2, -0.15) is 10.2 Å². The maximum atomic E-state index is 10.8. The van der Waals surface area contributed by atoms with Crippen molar-refractivity contribution in [1.82, 2.24) is 20.0 Å². The average molecular weight is 425 g/mol. The maximum Gasteiger partial charge on any atom is 0.287 e. The minimum Gasteiger partial charge on any atom is -0.380 e. The third kappa shape index (κ3) is 2.24. The number of alkyl halides is 1. The molecule has 10 nitrogen and oxygen atoms in total. The highest BCUT2D eigenvalue weighted by atomic mass is 35.5. The Morgan fingerprint density at radius 1 is 1.27 bits per heavy atom. The lowest BCUT2D eigenvalue weighted by molar-refractivity contribution is 0.0112. The average Bonchev–Trinajstić information content (AvgIpc) is 3.53. The van der Waals surface area contributed by atoms with Crippen molar-refractivity contribution in [2.75, 3.05) is 16.6 Å². The van der Waals surface area contributed by atoms with Gasteiger partial charge in [-0.05, 0) is 43.0 Å². The van der Waals surface area contributed by atoms with Crippen LogP contribution in [0.4, 0.5) is 11.6 Å². The van der Waals surface area contributed by atoms with Gasteiger partial charge in [0.25, 0.3) is 11.8 Å². The molecule has 11 heteroatoms. The van der Waals surface area contributed by atoms with E-state index < -0.39 is 11.2 Å². The number of halogens is 1. The first-order valence-corrected chi connectivity index (χ1v) is 10.2. The highest BCUT2D eigenvalue weighted by molar-refractivity contribution is 6.23. The zero-order valence-electron chi connectivity index (χ0n) is 15.8. The van der Waals surface area contributed by atoms with Gasteiger partial charge in [0.05, 0.1) is 11.9 Å². The minimum atomic E-state index is -1.07. The highest BCUT2D eigenvalue weighted by Crippen LogP contribution is 2.44. The SMILES string of the molecule is N#CN1C=C2N(c3ccccc3C3=NCN(c4noc(C5(O)CCCC5)n4)N23)C1Cl. The van der Waals surface area contributed by atoms with E-state index in [1.807, 2.05) is 34.2 Å². The molecule has 1 aromatic carbocycles. The van der Waals surface area contributed by atoms with Crippen molar-refractivity contribution in [3.05, 3.63) is 47.7 Å². The zero-order chi connectivity index (χ0) is 20.5. The summed E-state index contributed by atoms with van der Waals surface area (Å²) in [5.74, 6) is 1.90. The van der Waals surface area contributed by atoms with Crippen LogP contribution in [0.25, 0.3) is 0 Å². The molecule has 4 aliphatic rings. The second kappa shape index (κ2) is 6.10. The molecule has 1 N–H and O–H groups in total. The molecule has 1 aromatic heterocycles. The number of rotatable bonds is 2. The molecule has 0 saturated heterocycles. The summed E-state index contributed by atoms with van der Waals surface area (Å²) in [5, 5.41) is 28.0. The van der Waals surface area contributed by atoms with Crippen LogP contribution in [0.2, 0.25) is 0 Å². The van der Waals surface area contributed by atoms with E-state index in [0.717, 1.165) is 24.1 Å². The molecule has 0 bridgehead atoms. The fraction of sp³-hybridized carbons (Fsp3) is 0.368. The number of benzene rings is 1. The largest absolute Gasteiger partial charge is 0.380 e. The third-order valence-corrected chi connectivity index (χ3v) is 6.36. The number of anilines is 2. The van der Waals surface area contributed by atoms with Crippen molar-refractivity contribution in [2.24, 2.45) is 4.99 Å². The summed E-state index contributed by atoms with van der Waals surface area (Å²) in [6.07, 6.45) is 6.84. The van der Waals surface area contributed by atoms with Crippen LogP contribution in [0.15, 0.2) is 45.8 Å². The summed E-state index contributed by atoms with van der Waals surface area (Å²) in [4.78, 5) is 12.4. The molecule has 152 valence electrons. The van der Waals surface area contributed by atoms with Gasteiger partial charge in [-0.1, -0.05) is 23.7 Å². The Labute approximate surface area is 176 Å². The van der Waals surface area contributed by atoms with Crippen molar-refractivity contribution >= 4 is 29.1 Å². The Balaban J connectivity index is 1.43. The van der Waals surface area contributed by atoms with Gasteiger partial charge in [0.2, 0.25) is 0 Å². The van der Waals surface area contributed by atoms with Crippen LogP contribution in [0, 0.1) is 11.5 Å². The van der Waals surface area contributed by atoms with Gasteiger partial charge in [-0.3, -0.25) is 4.90 Å². The van der Waals surface area contributed by atoms with Crippen LogP contribution < -0.4 is 9.91 Å². The molecule has 0 spiro atoms. The molecular formula is C19H17ClN8O2. The van der Waals surface area contributed by atoms with Gasteiger partial charge >= 0.3 is 0 Å². The van der Waals surface area contributed by atoms with Crippen molar-refractivity contribution in [3.8, 4) is 6.19 Å². The Morgan fingerprint density at radius 3 is 2.87 bits per heavy atom. The summed E-state index contributed by atoms with van der Waals surface area (Å²) in [7, 11) is 0. The third-order valence-electron chi connectivity index (χ3n) is 5.95. The Hall–Kier alpha value is -3.29. The first kappa shape index (κ1) is 17.6. The van der Waals surface area contributed by atoms with E-state index >= 15 is 0 Å². The lowest BCUT2D eigenvalue weighted by Crippen LogP contribution is -2.50. The monoisotopic (exact) mass is 424 g/mol. The molecule has 1 unspecified atom stereocenters. The van der Waals surface area contributed by atoms with Gasteiger partial charge in [-0.15, -0.1) is 0 Å². The van der Waals surface area contributed by atoms with E-state index in [2.05, 4.69) is 21.3 Å². The molecule has 6 rings (SSSR count). The normalized spacial score (nSPS) is 23.7. The van der Waals surface area contributed by atoms with Crippen molar-refractivity contribution in [2.45, 2.75) is 36.9 Å². The molecular weight excluding hydrogens is 408 g/mol. The van der Waals surface area contributed by atoms with Gasteiger partial charge in [-0.25, -0.2) is 19.9 Å². The molecule has 30 heavy (non-hydrogen) atoms. The first-order valence-electron chi connectivity index (χ1n) is 9.72. The fourth-order valence-corrected chi connectivity index (χ4v) is 4.78. The van der Waals surface area contributed by atoms with E-state index in [-0.39, 0.29) is 12.6 Å². The van der Waals surface area contributed by atoms with Crippen LogP contribution >= 0.6 is 11.6 Å². The van der Waals surface area contributed by atoms with Crippen LogP contribution in [0.1, 0.15) is 37.1 Å². The van der Waals surface area contributed by atoms with Crippen molar-refractivity contribution in [3.63, 3.8) is 0 Å². The second-order valence-electron chi connectivity index (χ2n) is 7.67. The number of hydrogen-bond acceptors (Lipinski definition) is 10. The number of para-hydroxylation sites is 1. The van der Waals surface area contributed by atoms with Crippen LogP contribution in [0.5, 0.6) is 0 Å². The summed E-state index contributed by atoms with van der Waals surface area (Å²) in [6, 6.07) is 7.76. The molecule has 0 radical (unpaired) electrons. The number of amidine groups is 1. The number of aliphatic imine (C=N–C) groups is 1. The number of aromatic nitrogens is 2. The van der Waals surface area contributed by atoms with Crippen molar-refractivity contribution in [1.29, 1.82) is 5.26 Å². The molecule has 1 fully saturated rings. The number of aliphatic hydroxyl groups is 1. The summed E-state index contributed by atoms with van der Waals surface area (Å²) in [6.45, 7) is 0.270. The second-order valence-corrected chi connectivity index (χ2v) is 8.06. The van der Waals surface area contributed by atoms with Crippen LogP contribution in [-0.4, -0.2) is 43.3 Å². The number of hydrogen-bond donors (Lipinski definition) is 1. The Morgan fingerprint density at radius 2 is 2.07 bits per heavy atom. The molecule has 4 heterocycles. The Bertz CT molecular complexity index is 1130. The molecule has 2 aromatic rings. The minimum absolute atomic E-state index is 0.229. The first-order chi connectivity index (χ1) is 14.6. The van der Waals surface area contributed by atoms with E-state index in [4.69, 9.17) is 16.1 Å². The van der Waals surface area contributed by atoms with Gasteiger partial charge in [0.15, 0.2) is 23.5 Å². The predicted molar refractivity (Wildman–Crippen MR) is 106 cm³/mol. The lowest BCUT2D eigenvalue weighted by Gasteiger charge is -2.40. The summed E-state index contributed by atoms with van der Waals surface area (Å²) in [5.41, 5.74) is -0.0102. The number of nitriles is 1. The topological polar surface area (TPSA) is 108 Å². The van der Waals surface area contributed by atoms with Gasteiger partial charge in [0, 0.05) is 5.56 Å². The van der Waals surface area contributed by atoms with Gasteiger partial charge < -0.3 is 9.63 Å². The summed E-state index contributed by atoms with van der Waals surface area (Å²) < 4.78 is 5.44. The lowest BCUT2D eigenvalue weighted by atomic mass is 10.0. The molecule has 3 aliphatic heterocycles. The van der Waals surface area contributed by atoms with E-state index in [1.54, 1.807) is 11.2 Å². The number of nitrogens with zero attached hydrogens (tertiary/aromatic N) is 8. The van der Waals surface area contributed by atoms with Gasteiger partial charge in [0.1, 0.15) is 12.3 Å².